The number of rotatable bonds is 2. The fraction of sp³-hybridized carbons (Fsp3) is 0.538. The van der Waals surface area contributed by atoms with Gasteiger partial charge in [0.15, 0.2) is 5.65 Å². The fourth-order valence-corrected chi connectivity index (χ4v) is 3.30. The smallest absolute Gasteiger partial charge is 0.160 e. The molecule has 1 aliphatic carbocycles. The largest absolute Gasteiger partial charge is 0.308 e. The van der Waals surface area contributed by atoms with E-state index in [0.29, 0.717) is 22.9 Å². The van der Waals surface area contributed by atoms with Crippen molar-refractivity contribution in [1.29, 1.82) is 0 Å². The van der Waals surface area contributed by atoms with Gasteiger partial charge >= 0.3 is 0 Å². The van der Waals surface area contributed by atoms with Gasteiger partial charge in [-0.2, -0.15) is 0 Å². The first-order valence-electron chi connectivity index (χ1n) is 6.29. The van der Waals surface area contributed by atoms with E-state index in [9.17, 15) is 0 Å². The van der Waals surface area contributed by atoms with Crippen molar-refractivity contribution in [2.45, 2.75) is 38.1 Å². The van der Waals surface area contributed by atoms with Crippen molar-refractivity contribution in [3.05, 3.63) is 23.1 Å². The quantitative estimate of drug-likeness (QED) is 0.774. The molecular weight excluding hydrogens is 269 g/mol. The Balaban J connectivity index is 2.19. The summed E-state index contributed by atoms with van der Waals surface area (Å²) in [6, 6.07) is 2.33. The lowest BCUT2D eigenvalue weighted by Crippen LogP contribution is -2.14. The summed E-state index contributed by atoms with van der Waals surface area (Å²) < 4.78 is 2.22. The maximum atomic E-state index is 6.03. The van der Waals surface area contributed by atoms with Crippen LogP contribution in [0.5, 0.6) is 0 Å². The standard InChI is InChI=1S/C13H15Cl2N3/c1-8-3-2-4-11(8)18-12(6-14)17-10-5-9(15)7-16-13(10)18/h5,7-8,11H,2-4,6H2,1H3. The summed E-state index contributed by atoms with van der Waals surface area (Å²) in [5.41, 5.74) is 1.76. The van der Waals surface area contributed by atoms with Crippen LogP contribution in [0.25, 0.3) is 11.2 Å². The highest BCUT2D eigenvalue weighted by Crippen LogP contribution is 2.38. The van der Waals surface area contributed by atoms with E-state index in [0.717, 1.165) is 17.0 Å². The zero-order valence-electron chi connectivity index (χ0n) is 10.2. The molecule has 0 bridgehead atoms. The van der Waals surface area contributed by atoms with E-state index >= 15 is 0 Å². The summed E-state index contributed by atoms with van der Waals surface area (Å²) in [6.07, 6.45) is 5.39. The number of hydrogen-bond donors (Lipinski definition) is 0. The number of alkyl halides is 1. The predicted molar refractivity (Wildman–Crippen MR) is 74.1 cm³/mol. The van der Waals surface area contributed by atoms with E-state index in [2.05, 4.69) is 21.5 Å². The van der Waals surface area contributed by atoms with Gasteiger partial charge in [0.2, 0.25) is 0 Å². The second-order valence-electron chi connectivity index (χ2n) is 5.00. The fourth-order valence-electron chi connectivity index (χ4n) is 2.96. The topological polar surface area (TPSA) is 30.7 Å². The van der Waals surface area contributed by atoms with Gasteiger partial charge in [-0.1, -0.05) is 24.9 Å². The number of nitrogens with zero attached hydrogens (tertiary/aromatic N) is 3. The van der Waals surface area contributed by atoms with Crippen LogP contribution in [-0.2, 0) is 5.88 Å². The van der Waals surface area contributed by atoms with Gasteiger partial charge in [0.05, 0.1) is 10.9 Å². The number of pyridine rings is 1. The molecule has 2 heterocycles. The molecule has 2 aromatic heterocycles. The Morgan fingerprint density at radius 3 is 2.94 bits per heavy atom. The number of hydrogen-bond acceptors (Lipinski definition) is 2. The maximum Gasteiger partial charge on any atom is 0.160 e. The molecule has 1 saturated carbocycles. The second-order valence-corrected chi connectivity index (χ2v) is 5.71. The third-order valence-electron chi connectivity index (χ3n) is 3.84. The van der Waals surface area contributed by atoms with E-state index in [1.165, 1.54) is 19.3 Å². The van der Waals surface area contributed by atoms with Crippen LogP contribution >= 0.6 is 23.2 Å². The minimum absolute atomic E-state index is 0.414. The lowest BCUT2D eigenvalue weighted by atomic mass is 10.1. The molecule has 2 unspecified atom stereocenters. The Hall–Kier alpha value is -0.800. The van der Waals surface area contributed by atoms with Crippen molar-refractivity contribution in [2.75, 3.05) is 0 Å². The Kier molecular flexibility index (Phi) is 3.20. The van der Waals surface area contributed by atoms with Gasteiger partial charge in [0, 0.05) is 12.2 Å². The van der Waals surface area contributed by atoms with E-state index in [1.54, 1.807) is 6.20 Å². The number of halogens is 2. The molecule has 2 aromatic rings. The lowest BCUT2D eigenvalue weighted by molar-refractivity contribution is 0.407. The predicted octanol–water partition coefficient (Wildman–Crippen LogP) is 4.18. The minimum Gasteiger partial charge on any atom is -0.308 e. The lowest BCUT2D eigenvalue weighted by Gasteiger charge is -2.19. The highest BCUT2D eigenvalue weighted by atomic mass is 35.5. The molecule has 0 N–H and O–H groups in total. The summed E-state index contributed by atoms with van der Waals surface area (Å²) in [7, 11) is 0. The van der Waals surface area contributed by atoms with Crippen LogP contribution in [0.2, 0.25) is 5.02 Å². The third kappa shape index (κ3) is 1.90. The van der Waals surface area contributed by atoms with Crippen molar-refractivity contribution in [2.24, 2.45) is 5.92 Å². The summed E-state index contributed by atoms with van der Waals surface area (Å²) in [6.45, 7) is 2.29. The second kappa shape index (κ2) is 4.71. The molecular formula is C13H15Cl2N3. The molecule has 18 heavy (non-hydrogen) atoms. The van der Waals surface area contributed by atoms with Gasteiger partial charge in [-0.25, -0.2) is 9.97 Å². The molecule has 3 nitrogen and oxygen atoms in total. The Labute approximate surface area is 116 Å². The molecule has 3 rings (SSSR count). The van der Waals surface area contributed by atoms with Crippen LogP contribution in [0.4, 0.5) is 0 Å². The van der Waals surface area contributed by atoms with Gasteiger partial charge in [0.1, 0.15) is 11.3 Å². The van der Waals surface area contributed by atoms with Crippen LogP contribution < -0.4 is 0 Å². The monoisotopic (exact) mass is 283 g/mol. The number of aromatic nitrogens is 3. The Morgan fingerprint density at radius 2 is 2.28 bits per heavy atom. The van der Waals surface area contributed by atoms with E-state index < -0.39 is 0 Å². The van der Waals surface area contributed by atoms with Gasteiger partial charge < -0.3 is 4.57 Å². The molecule has 0 amide bonds. The van der Waals surface area contributed by atoms with Crippen LogP contribution in [0.3, 0.4) is 0 Å². The molecule has 5 heteroatoms. The van der Waals surface area contributed by atoms with Crippen LogP contribution in [0.15, 0.2) is 12.3 Å². The average Bonchev–Trinajstić information content (AvgIpc) is 2.91. The molecule has 1 fully saturated rings. The van der Waals surface area contributed by atoms with E-state index in [1.807, 2.05) is 6.07 Å². The number of fused-ring (bicyclic) bond motifs is 1. The minimum atomic E-state index is 0.414. The Bertz CT molecular complexity index is 579. The van der Waals surface area contributed by atoms with Crippen molar-refractivity contribution >= 4 is 34.4 Å². The van der Waals surface area contributed by atoms with Crippen LogP contribution in [0, 0.1) is 5.92 Å². The van der Waals surface area contributed by atoms with Crippen molar-refractivity contribution in [1.82, 2.24) is 14.5 Å². The van der Waals surface area contributed by atoms with Crippen LogP contribution in [0.1, 0.15) is 38.1 Å². The molecule has 0 radical (unpaired) electrons. The summed E-state index contributed by atoms with van der Waals surface area (Å²) in [5.74, 6) is 1.97. The average molecular weight is 284 g/mol. The highest BCUT2D eigenvalue weighted by molar-refractivity contribution is 6.31. The molecule has 1 aliphatic rings. The van der Waals surface area contributed by atoms with Crippen molar-refractivity contribution in [3.63, 3.8) is 0 Å². The van der Waals surface area contributed by atoms with Crippen LogP contribution in [-0.4, -0.2) is 14.5 Å². The number of imidazole rings is 1. The zero-order chi connectivity index (χ0) is 12.7. The zero-order valence-corrected chi connectivity index (χ0v) is 11.7. The highest BCUT2D eigenvalue weighted by Gasteiger charge is 2.28. The summed E-state index contributed by atoms with van der Waals surface area (Å²) in [4.78, 5) is 8.99. The van der Waals surface area contributed by atoms with Gasteiger partial charge in [-0.3, -0.25) is 0 Å². The van der Waals surface area contributed by atoms with Gasteiger partial charge in [-0.05, 0) is 24.8 Å². The maximum absolute atomic E-state index is 6.03. The third-order valence-corrected chi connectivity index (χ3v) is 4.28. The van der Waals surface area contributed by atoms with Crippen molar-refractivity contribution < 1.29 is 0 Å². The van der Waals surface area contributed by atoms with Crippen molar-refractivity contribution in [3.8, 4) is 0 Å². The van der Waals surface area contributed by atoms with Gasteiger partial charge in [-0.15, -0.1) is 11.6 Å². The molecule has 96 valence electrons. The van der Waals surface area contributed by atoms with Gasteiger partial charge in [0.25, 0.3) is 0 Å². The molecule has 0 aliphatic heterocycles. The molecule has 0 saturated heterocycles. The molecule has 2 atom stereocenters. The Morgan fingerprint density at radius 1 is 1.44 bits per heavy atom. The summed E-state index contributed by atoms with van der Waals surface area (Å²) in [5, 5.41) is 0.618. The SMILES string of the molecule is CC1CCCC1n1c(CCl)nc2cc(Cl)cnc21. The molecule has 0 spiro atoms. The van der Waals surface area contributed by atoms with E-state index in [-0.39, 0.29) is 0 Å². The first-order chi connectivity index (χ1) is 8.70. The van der Waals surface area contributed by atoms with E-state index in [4.69, 9.17) is 23.2 Å². The first kappa shape index (κ1) is 12.2. The normalized spacial score (nSPS) is 23.9. The molecule has 0 aromatic carbocycles. The first-order valence-corrected chi connectivity index (χ1v) is 7.20. The summed E-state index contributed by atoms with van der Waals surface area (Å²) >= 11 is 12.0.